The first-order chi connectivity index (χ1) is 10.5. The van der Waals surface area contributed by atoms with E-state index in [1.54, 1.807) is 20.3 Å². The van der Waals surface area contributed by atoms with Crippen molar-refractivity contribution in [2.45, 2.75) is 31.7 Å². The van der Waals surface area contributed by atoms with Gasteiger partial charge in [-0.15, -0.1) is 0 Å². The van der Waals surface area contributed by atoms with Crippen molar-refractivity contribution in [3.05, 3.63) is 35.2 Å². The second-order valence-corrected chi connectivity index (χ2v) is 5.88. The highest BCUT2D eigenvalue weighted by Gasteiger charge is 2.48. The van der Waals surface area contributed by atoms with Crippen molar-refractivity contribution in [3.63, 3.8) is 0 Å². The molecule has 1 saturated carbocycles. The predicted octanol–water partition coefficient (Wildman–Crippen LogP) is 3.34. The second kappa shape index (κ2) is 6.27. The molecule has 0 aliphatic heterocycles. The van der Waals surface area contributed by atoms with Crippen LogP contribution in [0.1, 0.15) is 31.7 Å². The fourth-order valence-electron chi connectivity index (χ4n) is 3.38. The molecule has 0 aromatic heterocycles. The molecule has 1 fully saturated rings. The second-order valence-electron chi connectivity index (χ2n) is 5.88. The number of ether oxygens (including phenoxy) is 2. The van der Waals surface area contributed by atoms with Crippen LogP contribution in [0.3, 0.4) is 0 Å². The molecule has 1 aliphatic carbocycles. The van der Waals surface area contributed by atoms with Gasteiger partial charge in [0.15, 0.2) is 11.5 Å². The van der Waals surface area contributed by atoms with Crippen molar-refractivity contribution in [3.8, 4) is 11.5 Å². The van der Waals surface area contributed by atoms with E-state index >= 15 is 0 Å². The summed E-state index contributed by atoms with van der Waals surface area (Å²) in [7, 11) is 3.14. The molecule has 0 bridgehead atoms. The third-order valence-electron chi connectivity index (χ3n) is 4.67. The summed E-state index contributed by atoms with van der Waals surface area (Å²) in [5, 5.41) is 9.26. The number of hydrogen-bond acceptors (Lipinski definition) is 3. The first kappa shape index (κ1) is 16.2. The van der Waals surface area contributed by atoms with Gasteiger partial charge in [0.2, 0.25) is 0 Å². The molecular weight excluding hydrogens is 282 g/mol. The number of carbonyl (C=O) groups is 1. The minimum Gasteiger partial charge on any atom is -0.493 e. The van der Waals surface area contributed by atoms with E-state index in [2.05, 4.69) is 4.85 Å². The quantitative estimate of drug-likeness (QED) is 0.867. The van der Waals surface area contributed by atoms with Crippen LogP contribution < -0.4 is 9.47 Å². The summed E-state index contributed by atoms with van der Waals surface area (Å²) < 4.78 is 10.6. The average Bonchev–Trinajstić information content (AvgIpc) is 2.53. The maximum absolute atomic E-state index is 11.3. The van der Waals surface area contributed by atoms with Crippen LogP contribution in [0.25, 0.3) is 4.85 Å². The molecule has 5 nitrogen and oxygen atoms in total. The summed E-state index contributed by atoms with van der Waals surface area (Å²) >= 11 is 0. The number of carboxylic acids is 1. The normalized spacial score (nSPS) is 27.7. The van der Waals surface area contributed by atoms with E-state index in [1.165, 1.54) is 0 Å². The number of carboxylic acid groups (broad SMARTS) is 1. The Kier molecular flexibility index (Phi) is 4.60. The first-order valence-corrected chi connectivity index (χ1v) is 7.31. The molecule has 3 unspecified atom stereocenters. The summed E-state index contributed by atoms with van der Waals surface area (Å²) in [6.45, 7) is 9.59. The minimum atomic E-state index is -0.765. The van der Waals surface area contributed by atoms with Gasteiger partial charge in [-0.05, 0) is 30.5 Å². The lowest BCUT2D eigenvalue weighted by Crippen LogP contribution is -2.36. The smallest absolute Gasteiger partial charge is 0.306 e. The third-order valence-corrected chi connectivity index (χ3v) is 4.67. The predicted molar refractivity (Wildman–Crippen MR) is 82.0 cm³/mol. The van der Waals surface area contributed by atoms with Gasteiger partial charge in [0, 0.05) is 18.4 Å². The topological polar surface area (TPSA) is 60.1 Å². The van der Waals surface area contributed by atoms with Crippen LogP contribution in [0.5, 0.6) is 11.5 Å². The summed E-state index contributed by atoms with van der Waals surface area (Å²) in [4.78, 5) is 15.2. The third kappa shape index (κ3) is 2.74. The van der Waals surface area contributed by atoms with Gasteiger partial charge in [0.1, 0.15) is 0 Å². The highest BCUT2D eigenvalue weighted by molar-refractivity contribution is 5.70. The van der Waals surface area contributed by atoms with E-state index in [4.69, 9.17) is 16.0 Å². The van der Waals surface area contributed by atoms with Crippen LogP contribution in [0, 0.1) is 18.4 Å². The number of methoxy groups -OCH3 is 2. The van der Waals surface area contributed by atoms with Crippen LogP contribution >= 0.6 is 0 Å². The van der Waals surface area contributed by atoms with Gasteiger partial charge >= 0.3 is 5.97 Å². The summed E-state index contributed by atoms with van der Waals surface area (Å²) in [6.07, 6.45) is 1.61. The van der Waals surface area contributed by atoms with E-state index in [-0.39, 0.29) is 11.8 Å². The van der Waals surface area contributed by atoms with Crippen molar-refractivity contribution in [1.82, 2.24) is 0 Å². The van der Waals surface area contributed by atoms with Crippen LogP contribution in [-0.4, -0.2) is 25.3 Å². The molecule has 0 radical (unpaired) electrons. The number of benzene rings is 1. The Labute approximate surface area is 130 Å². The van der Waals surface area contributed by atoms with Crippen molar-refractivity contribution in [1.29, 1.82) is 0 Å². The van der Waals surface area contributed by atoms with Crippen LogP contribution in [0.2, 0.25) is 0 Å². The zero-order chi connectivity index (χ0) is 16.3. The maximum atomic E-state index is 11.3. The molecule has 1 aliphatic rings. The first-order valence-electron chi connectivity index (χ1n) is 7.31. The largest absolute Gasteiger partial charge is 0.493 e. The van der Waals surface area contributed by atoms with Crippen LogP contribution in [0.4, 0.5) is 0 Å². The number of hydrogen-bond donors (Lipinski definition) is 1. The van der Waals surface area contributed by atoms with Crippen molar-refractivity contribution in [2.75, 3.05) is 14.2 Å². The fourth-order valence-corrected chi connectivity index (χ4v) is 3.38. The summed E-state index contributed by atoms with van der Waals surface area (Å²) in [6, 6.07) is 5.52. The molecule has 0 amide bonds. The molecule has 22 heavy (non-hydrogen) atoms. The van der Waals surface area contributed by atoms with Crippen molar-refractivity contribution < 1.29 is 19.4 Å². The van der Waals surface area contributed by atoms with Gasteiger partial charge < -0.3 is 19.4 Å². The number of aliphatic carboxylic acids is 1. The lowest BCUT2D eigenvalue weighted by molar-refractivity contribution is -0.145. The highest BCUT2D eigenvalue weighted by atomic mass is 16.5. The van der Waals surface area contributed by atoms with Gasteiger partial charge in [-0.3, -0.25) is 4.79 Å². The zero-order valence-electron chi connectivity index (χ0n) is 13.1. The van der Waals surface area contributed by atoms with Gasteiger partial charge in [-0.25, -0.2) is 6.57 Å². The van der Waals surface area contributed by atoms with E-state index < -0.39 is 11.5 Å². The molecule has 0 heterocycles. The standard InChI is InChI=1S/C17H21NO4/c1-11-10-17(18-2,8-7-13(11)16(19)20)12-5-6-14(21-3)15(9-12)22-4/h5-6,9,11,13H,7-8,10H2,1,3-4H3,(H,19,20). The summed E-state index contributed by atoms with van der Waals surface area (Å²) in [5.41, 5.74) is 0.195. The van der Waals surface area contributed by atoms with Gasteiger partial charge in [0.25, 0.3) is 5.54 Å². The van der Waals surface area contributed by atoms with E-state index in [0.717, 1.165) is 5.56 Å². The Hall–Kier alpha value is -2.22. The fraction of sp³-hybridized carbons (Fsp3) is 0.529. The number of rotatable bonds is 4. The Morgan fingerprint density at radius 2 is 2.05 bits per heavy atom. The molecular formula is C17H21NO4. The maximum Gasteiger partial charge on any atom is 0.306 e. The van der Waals surface area contributed by atoms with E-state index in [9.17, 15) is 9.90 Å². The molecule has 1 aromatic carbocycles. The molecule has 2 rings (SSSR count). The minimum absolute atomic E-state index is 0.0338. The monoisotopic (exact) mass is 303 g/mol. The lowest BCUT2D eigenvalue weighted by Gasteiger charge is -2.34. The molecule has 118 valence electrons. The Bertz CT molecular complexity index is 607. The zero-order valence-corrected chi connectivity index (χ0v) is 13.1. The lowest BCUT2D eigenvalue weighted by atomic mass is 9.68. The van der Waals surface area contributed by atoms with Crippen LogP contribution in [-0.2, 0) is 10.3 Å². The summed E-state index contributed by atoms with van der Waals surface area (Å²) in [5.74, 6) is 0.0524. The molecule has 1 aromatic rings. The van der Waals surface area contributed by atoms with Crippen molar-refractivity contribution >= 4 is 5.97 Å². The van der Waals surface area contributed by atoms with Crippen molar-refractivity contribution in [2.24, 2.45) is 11.8 Å². The SMILES string of the molecule is [C-]#[N+]C1(c2ccc(OC)c(OC)c2)CCC(C(=O)O)C(C)C1. The van der Waals surface area contributed by atoms with E-state index in [0.29, 0.717) is 30.8 Å². The number of nitrogens with zero attached hydrogens (tertiary/aromatic N) is 1. The van der Waals surface area contributed by atoms with Gasteiger partial charge in [-0.2, -0.15) is 0 Å². The highest BCUT2D eigenvalue weighted by Crippen LogP contribution is 2.47. The van der Waals surface area contributed by atoms with Crippen LogP contribution in [0.15, 0.2) is 18.2 Å². The van der Waals surface area contributed by atoms with Gasteiger partial charge in [0.05, 0.1) is 20.1 Å². The Morgan fingerprint density at radius 3 is 2.55 bits per heavy atom. The Balaban J connectivity index is 2.37. The molecule has 0 spiro atoms. The van der Waals surface area contributed by atoms with Gasteiger partial charge in [-0.1, -0.05) is 6.92 Å². The van der Waals surface area contributed by atoms with E-state index in [1.807, 2.05) is 19.1 Å². The molecule has 1 N–H and O–H groups in total. The molecule has 0 saturated heterocycles. The average molecular weight is 303 g/mol. The Morgan fingerprint density at radius 1 is 1.36 bits per heavy atom. The molecule has 3 atom stereocenters. The molecule has 5 heteroatoms.